The van der Waals surface area contributed by atoms with E-state index < -0.39 is 0 Å². The van der Waals surface area contributed by atoms with Crippen LogP contribution in [0.5, 0.6) is 0 Å². The van der Waals surface area contributed by atoms with Gasteiger partial charge < -0.3 is 0 Å². The highest BCUT2D eigenvalue weighted by Gasteiger charge is 2.19. The molecular weight excluding hydrogens is 444 g/mol. The van der Waals surface area contributed by atoms with Gasteiger partial charge >= 0.3 is 0 Å². The van der Waals surface area contributed by atoms with Crippen LogP contribution in [0, 0.1) is 0 Å². The molecule has 3 rings (SSSR count). The van der Waals surface area contributed by atoms with Crippen molar-refractivity contribution < 1.29 is 0 Å². The van der Waals surface area contributed by atoms with Gasteiger partial charge in [-0.15, -0.1) is 0 Å². The minimum absolute atomic E-state index is 1.14. The van der Waals surface area contributed by atoms with E-state index in [9.17, 15) is 0 Å². The minimum Gasteiger partial charge on any atom is -0.0654 e. The summed E-state index contributed by atoms with van der Waals surface area (Å²) in [7, 11) is 0. The predicted molar refractivity (Wildman–Crippen MR) is 166 cm³/mol. The fraction of sp³-hybridized carbons (Fsp3) is 0.676. The molecule has 0 aromatic heterocycles. The Morgan fingerprint density at radius 1 is 0.432 bits per heavy atom. The summed E-state index contributed by atoms with van der Waals surface area (Å²) in [4.78, 5) is 0. The molecule has 0 unspecified atom stereocenters. The summed E-state index contributed by atoms with van der Waals surface area (Å²) >= 11 is 0. The molecule has 0 nitrogen and oxygen atoms in total. The Labute approximate surface area is 231 Å². The molecule has 0 aliphatic heterocycles. The maximum Gasteiger partial charge on any atom is -0.00107 e. The molecule has 37 heavy (non-hydrogen) atoms. The van der Waals surface area contributed by atoms with Gasteiger partial charge in [-0.05, 0) is 47.1 Å². The Hall–Kier alpha value is -1.56. The van der Waals surface area contributed by atoms with E-state index in [-0.39, 0.29) is 0 Å². The van der Waals surface area contributed by atoms with E-state index in [1.54, 1.807) is 11.1 Å². The first kappa shape index (κ1) is 30.0. The zero-order valence-electron chi connectivity index (χ0n) is 24.5. The molecule has 0 radical (unpaired) electrons. The van der Waals surface area contributed by atoms with Crippen LogP contribution < -0.4 is 0 Å². The lowest BCUT2D eigenvalue weighted by atomic mass is 9.96. The van der Waals surface area contributed by atoms with Gasteiger partial charge in [-0.1, -0.05) is 184 Å². The van der Waals surface area contributed by atoms with E-state index in [1.807, 2.05) is 0 Å². The third kappa shape index (κ3) is 11.8. The number of benzene rings is 2. The van der Waals surface area contributed by atoms with Crippen LogP contribution in [-0.2, 0) is 12.8 Å². The first-order chi connectivity index (χ1) is 18.4. The average molecular weight is 503 g/mol. The van der Waals surface area contributed by atoms with Gasteiger partial charge in [0.2, 0.25) is 0 Å². The van der Waals surface area contributed by atoms with Gasteiger partial charge in [0, 0.05) is 0 Å². The van der Waals surface area contributed by atoms with Gasteiger partial charge in [0.1, 0.15) is 0 Å². The fourth-order valence-electron chi connectivity index (χ4n) is 6.38. The van der Waals surface area contributed by atoms with Gasteiger partial charge in [-0.25, -0.2) is 0 Å². The second-order valence-corrected chi connectivity index (χ2v) is 12.0. The number of rotatable bonds is 23. The quantitative estimate of drug-likeness (QED) is 0.113. The van der Waals surface area contributed by atoms with Gasteiger partial charge in [0.05, 0.1) is 0 Å². The van der Waals surface area contributed by atoms with Crippen molar-refractivity contribution in [3.8, 4) is 11.1 Å². The fourth-order valence-corrected chi connectivity index (χ4v) is 6.38. The van der Waals surface area contributed by atoms with E-state index >= 15 is 0 Å². The number of aryl methyl sites for hydroxylation is 1. The Kier molecular flexibility index (Phi) is 15.8. The molecule has 0 heterocycles. The number of unbranched alkanes of at least 4 members (excludes halogenated alkanes) is 21. The predicted octanol–water partition coefficient (Wildman–Crippen LogP) is 12.4. The molecule has 0 atom stereocenters. The molecule has 0 fully saturated rings. The molecule has 2 aromatic rings. The largest absolute Gasteiger partial charge is 0.0654 e. The summed E-state index contributed by atoms with van der Waals surface area (Å²) in [6.45, 7) is 2.31. The topological polar surface area (TPSA) is 0 Å². The van der Waals surface area contributed by atoms with Crippen LogP contribution in [-0.4, -0.2) is 0 Å². The van der Waals surface area contributed by atoms with Crippen molar-refractivity contribution in [1.82, 2.24) is 0 Å². The van der Waals surface area contributed by atoms with Gasteiger partial charge in [-0.3, -0.25) is 0 Å². The maximum atomic E-state index is 2.38. The normalized spacial score (nSPS) is 12.1. The van der Waals surface area contributed by atoms with E-state index in [2.05, 4.69) is 49.4 Å². The third-order valence-electron chi connectivity index (χ3n) is 8.75. The molecule has 1 aliphatic carbocycles. The van der Waals surface area contributed by atoms with Crippen LogP contribution in [0.1, 0.15) is 165 Å². The van der Waals surface area contributed by atoms with E-state index in [4.69, 9.17) is 0 Å². The molecule has 2 aromatic carbocycles. The summed E-state index contributed by atoms with van der Waals surface area (Å²) in [5.74, 6) is 0. The Morgan fingerprint density at radius 3 is 1.38 bits per heavy atom. The van der Waals surface area contributed by atoms with E-state index in [0.29, 0.717) is 0 Å². The second-order valence-electron chi connectivity index (χ2n) is 12.0. The smallest absolute Gasteiger partial charge is 0.00107 e. The standard InChI is InChI=1S/C37H58/c1-2-3-4-5-6-7-8-9-10-11-12-13-14-15-16-17-18-19-20-21-22-23-27-33-29-26-31-36-35-30-25-24-28-34(35)32-37(33)36/h24-26,28-31H,2-23,27,32H2,1H3. The van der Waals surface area contributed by atoms with Crippen LogP contribution in [0.4, 0.5) is 0 Å². The van der Waals surface area contributed by atoms with Crippen LogP contribution in [0.15, 0.2) is 42.5 Å². The molecule has 0 N–H and O–H groups in total. The highest BCUT2D eigenvalue weighted by Crippen LogP contribution is 2.38. The third-order valence-corrected chi connectivity index (χ3v) is 8.75. The zero-order chi connectivity index (χ0) is 25.8. The Bertz CT molecular complexity index is 832. The van der Waals surface area contributed by atoms with Crippen molar-refractivity contribution in [3.05, 3.63) is 59.2 Å². The summed E-state index contributed by atoms with van der Waals surface area (Å²) in [5, 5.41) is 0. The van der Waals surface area contributed by atoms with Crippen molar-refractivity contribution in [2.24, 2.45) is 0 Å². The first-order valence-corrected chi connectivity index (χ1v) is 16.6. The van der Waals surface area contributed by atoms with Crippen molar-refractivity contribution in [2.75, 3.05) is 0 Å². The van der Waals surface area contributed by atoms with Crippen LogP contribution in [0.3, 0.4) is 0 Å². The average Bonchev–Trinajstić information content (AvgIpc) is 3.31. The summed E-state index contributed by atoms with van der Waals surface area (Å²) in [5.41, 5.74) is 7.67. The van der Waals surface area contributed by atoms with Gasteiger partial charge in [0.15, 0.2) is 0 Å². The number of hydrogen-bond acceptors (Lipinski definition) is 0. The SMILES string of the molecule is CCCCCCCCCCCCCCCCCCCCCCCCc1cccc2c1Cc1ccccc1-2. The number of hydrogen-bond donors (Lipinski definition) is 0. The molecule has 0 spiro atoms. The van der Waals surface area contributed by atoms with Crippen LogP contribution >= 0.6 is 0 Å². The van der Waals surface area contributed by atoms with E-state index in [1.165, 1.54) is 164 Å². The van der Waals surface area contributed by atoms with Gasteiger partial charge in [0.25, 0.3) is 0 Å². The van der Waals surface area contributed by atoms with Crippen LogP contribution in [0.25, 0.3) is 11.1 Å². The maximum absolute atomic E-state index is 2.38. The number of fused-ring (bicyclic) bond motifs is 3. The molecule has 0 heteroatoms. The van der Waals surface area contributed by atoms with Gasteiger partial charge in [-0.2, -0.15) is 0 Å². The zero-order valence-corrected chi connectivity index (χ0v) is 24.5. The van der Waals surface area contributed by atoms with Crippen molar-refractivity contribution >= 4 is 0 Å². The lowest BCUT2D eigenvalue weighted by molar-refractivity contribution is 0.519. The molecule has 0 saturated heterocycles. The molecule has 0 amide bonds. The monoisotopic (exact) mass is 502 g/mol. The molecular formula is C37H58. The summed E-state index contributed by atoms with van der Waals surface area (Å²) < 4.78 is 0. The summed E-state index contributed by atoms with van der Waals surface area (Å²) in [6.07, 6.45) is 34.4. The summed E-state index contributed by atoms with van der Waals surface area (Å²) in [6, 6.07) is 15.9. The lowest BCUT2D eigenvalue weighted by Gasteiger charge is -2.09. The minimum atomic E-state index is 1.14. The van der Waals surface area contributed by atoms with Crippen LogP contribution in [0.2, 0.25) is 0 Å². The van der Waals surface area contributed by atoms with Crippen molar-refractivity contribution in [3.63, 3.8) is 0 Å². The second kappa shape index (κ2) is 19.5. The Morgan fingerprint density at radius 2 is 0.865 bits per heavy atom. The van der Waals surface area contributed by atoms with Crippen molar-refractivity contribution in [1.29, 1.82) is 0 Å². The molecule has 206 valence electrons. The highest BCUT2D eigenvalue weighted by molar-refractivity contribution is 5.77. The lowest BCUT2D eigenvalue weighted by Crippen LogP contribution is -1.93. The molecule has 0 bridgehead atoms. The Balaban J connectivity index is 1.05. The first-order valence-electron chi connectivity index (χ1n) is 16.6. The molecule has 1 aliphatic rings. The molecule has 0 saturated carbocycles. The van der Waals surface area contributed by atoms with E-state index in [0.717, 1.165) is 6.42 Å². The highest BCUT2D eigenvalue weighted by atomic mass is 14.2. The van der Waals surface area contributed by atoms with Crippen molar-refractivity contribution in [2.45, 2.75) is 161 Å².